The summed E-state index contributed by atoms with van der Waals surface area (Å²) in [5, 5.41) is 8.19. The van der Waals surface area contributed by atoms with E-state index in [-0.39, 0.29) is 5.82 Å². The lowest BCUT2D eigenvalue weighted by Crippen LogP contribution is -2.10. The molecule has 2 N–H and O–H groups in total. The molecule has 4 rings (SSSR count). The molecule has 6 nitrogen and oxygen atoms in total. The minimum Gasteiger partial charge on any atom is -0.329 e. The Morgan fingerprint density at radius 2 is 2.19 bits per heavy atom. The van der Waals surface area contributed by atoms with Gasteiger partial charge in [0.15, 0.2) is 11.6 Å². The SMILES string of the molecule is NCCn1cc(-c2nc3c(F)cccc3n2C2CC2)nn1. The van der Waals surface area contributed by atoms with E-state index in [1.54, 1.807) is 10.7 Å². The van der Waals surface area contributed by atoms with Crippen molar-refractivity contribution in [3.8, 4) is 11.5 Å². The van der Waals surface area contributed by atoms with Crippen LogP contribution in [-0.4, -0.2) is 31.1 Å². The number of imidazole rings is 1. The topological polar surface area (TPSA) is 74.6 Å². The van der Waals surface area contributed by atoms with Crippen molar-refractivity contribution in [3.05, 3.63) is 30.2 Å². The largest absolute Gasteiger partial charge is 0.329 e. The van der Waals surface area contributed by atoms with Crippen molar-refractivity contribution in [2.45, 2.75) is 25.4 Å². The van der Waals surface area contributed by atoms with Crippen LogP contribution in [0, 0.1) is 5.82 Å². The maximum absolute atomic E-state index is 14.0. The first-order chi connectivity index (χ1) is 10.3. The smallest absolute Gasteiger partial charge is 0.163 e. The van der Waals surface area contributed by atoms with Gasteiger partial charge in [0.1, 0.15) is 11.2 Å². The molecule has 0 aliphatic heterocycles. The van der Waals surface area contributed by atoms with Gasteiger partial charge in [0, 0.05) is 12.6 Å². The Hall–Kier alpha value is -2.28. The summed E-state index contributed by atoms with van der Waals surface area (Å²) in [7, 11) is 0. The number of nitrogens with two attached hydrogens (primary N) is 1. The fourth-order valence-electron chi connectivity index (χ4n) is 2.61. The first-order valence-corrected chi connectivity index (χ1v) is 7.05. The van der Waals surface area contributed by atoms with E-state index in [2.05, 4.69) is 19.9 Å². The zero-order valence-corrected chi connectivity index (χ0v) is 11.4. The van der Waals surface area contributed by atoms with Gasteiger partial charge in [-0.05, 0) is 25.0 Å². The highest BCUT2D eigenvalue weighted by Gasteiger charge is 2.30. The van der Waals surface area contributed by atoms with Gasteiger partial charge in [-0.25, -0.2) is 9.37 Å². The normalized spacial score (nSPS) is 15.0. The van der Waals surface area contributed by atoms with Crippen LogP contribution in [0.1, 0.15) is 18.9 Å². The zero-order valence-electron chi connectivity index (χ0n) is 11.4. The lowest BCUT2D eigenvalue weighted by molar-refractivity contribution is 0.598. The molecule has 2 aromatic heterocycles. The second-order valence-electron chi connectivity index (χ2n) is 5.30. The van der Waals surface area contributed by atoms with E-state index in [0.717, 1.165) is 18.4 Å². The van der Waals surface area contributed by atoms with Crippen molar-refractivity contribution < 1.29 is 4.39 Å². The summed E-state index contributed by atoms with van der Waals surface area (Å²) in [6, 6.07) is 5.43. The number of benzene rings is 1. The number of hydrogen-bond acceptors (Lipinski definition) is 4. The highest BCUT2D eigenvalue weighted by atomic mass is 19.1. The third kappa shape index (κ3) is 2.01. The summed E-state index contributed by atoms with van der Waals surface area (Å²) >= 11 is 0. The molecule has 0 amide bonds. The number of fused-ring (bicyclic) bond motifs is 1. The second kappa shape index (κ2) is 4.63. The molecule has 3 aromatic rings. The van der Waals surface area contributed by atoms with Gasteiger partial charge >= 0.3 is 0 Å². The molecule has 1 aromatic carbocycles. The van der Waals surface area contributed by atoms with Gasteiger partial charge in [-0.15, -0.1) is 5.10 Å². The minimum atomic E-state index is -0.303. The molecule has 0 bridgehead atoms. The van der Waals surface area contributed by atoms with Crippen LogP contribution in [0.3, 0.4) is 0 Å². The number of para-hydroxylation sites is 1. The Balaban J connectivity index is 1.90. The molecule has 7 heteroatoms. The average Bonchev–Trinajstić information content (AvgIpc) is 3.07. The van der Waals surface area contributed by atoms with Crippen LogP contribution < -0.4 is 5.73 Å². The third-order valence-electron chi connectivity index (χ3n) is 3.71. The number of rotatable bonds is 4. The predicted octanol–water partition coefficient (Wildman–Crippen LogP) is 1.73. The predicted molar refractivity (Wildman–Crippen MR) is 76.0 cm³/mol. The van der Waals surface area contributed by atoms with Crippen LogP contribution in [0.4, 0.5) is 4.39 Å². The fraction of sp³-hybridized carbons (Fsp3) is 0.357. The molecule has 1 aliphatic carbocycles. The summed E-state index contributed by atoms with van der Waals surface area (Å²) < 4.78 is 17.7. The van der Waals surface area contributed by atoms with Crippen molar-refractivity contribution in [1.82, 2.24) is 24.5 Å². The van der Waals surface area contributed by atoms with Gasteiger partial charge in [-0.2, -0.15) is 0 Å². The highest BCUT2D eigenvalue weighted by molar-refractivity contribution is 5.80. The van der Waals surface area contributed by atoms with Gasteiger partial charge < -0.3 is 10.3 Å². The van der Waals surface area contributed by atoms with Crippen LogP contribution in [0.2, 0.25) is 0 Å². The van der Waals surface area contributed by atoms with E-state index >= 15 is 0 Å². The van der Waals surface area contributed by atoms with Crippen molar-refractivity contribution in [1.29, 1.82) is 0 Å². The van der Waals surface area contributed by atoms with Crippen LogP contribution in [0.5, 0.6) is 0 Å². The second-order valence-corrected chi connectivity index (χ2v) is 5.30. The Morgan fingerprint density at radius 1 is 1.33 bits per heavy atom. The lowest BCUT2D eigenvalue weighted by atomic mass is 10.3. The van der Waals surface area contributed by atoms with E-state index in [1.807, 2.05) is 12.3 Å². The summed E-state index contributed by atoms with van der Waals surface area (Å²) in [6.45, 7) is 1.10. The lowest BCUT2D eigenvalue weighted by Gasteiger charge is -2.04. The molecule has 2 heterocycles. The fourth-order valence-corrected chi connectivity index (χ4v) is 2.61. The van der Waals surface area contributed by atoms with Crippen molar-refractivity contribution in [3.63, 3.8) is 0 Å². The molecule has 0 radical (unpaired) electrons. The molecule has 0 atom stereocenters. The molecule has 1 saturated carbocycles. The number of aromatic nitrogens is 5. The number of hydrogen-bond donors (Lipinski definition) is 1. The van der Waals surface area contributed by atoms with Crippen LogP contribution in [-0.2, 0) is 6.54 Å². The maximum atomic E-state index is 14.0. The van der Waals surface area contributed by atoms with Crippen LogP contribution >= 0.6 is 0 Å². The van der Waals surface area contributed by atoms with Crippen LogP contribution in [0.25, 0.3) is 22.6 Å². The Kier molecular flexibility index (Phi) is 2.75. The zero-order chi connectivity index (χ0) is 14.4. The quantitative estimate of drug-likeness (QED) is 0.792. The van der Waals surface area contributed by atoms with Crippen molar-refractivity contribution in [2.24, 2.45) is 5.73 Å². The van der Waals surface area contributed by atoms with Gasteiger partial charge in [0.2, 0.25) is 0 Å². The average molecular weight is 286 g/mol. The summed E-state index contributed by atoms with van der Waals surface area (Å²) in [5.41, 5.74) is 7.39. The standard InChI is InChI=1S/C14H15FN6/c15-10-2-1-3-12-13(10)17-14(21(12)9-4-5-9)11-8-20(7-6-16)19-18-11/h1-3,8-9H,4-7,16H2. The van der Waals surface area contributed by atoms with Gasteiger partial charge in [-0.3, -0.25) is 4.68 Å². The summed E-state index contributed by atoms with van der Waals surface area (Å²) in [6.07, 6.45) is 3.99. The van der Waals surface area contributed by atoms with Crippen LogP contribution in [0.15, 0.2) is 24.4 Å². The molecule has 21 heavy (non-hydrogen) atoms. The van der Waals surface area contributed by atoms with E-state index in [1.165, 1.54) is 6.07 Å². The first kappa shape index (κ1) is 12.5. The Labute approximate surface area is 120 Å². The van der Waals surface area contributed by atoms with Gasteiger partial charge in [-0.1, -0.05) is 11.3 Å². The maximum Gasteiger partial charge on any atom is 0.163 e. The Bertz CT molecular complexity index is 801. The molecule has 0 unspecified atom stereocenters. The number of halogens is 1. The first-order valence-electron chi connectivity index (χ1n) is 7.05. The van der Waals surface area contributed by atoms with E-state index in [0.29, 0.717) is 36.2 Å². The number of nitrogens with zero attached hydrogens (tertiary/aromatic N) is 5. The molecule has 0 spiro atoms. The van der Waals surface area contributed by atoms with E-state index in [4.69, 9.17) is 5.73 Å². The van der Waals surface area contributed by atoms with E-state index in [9.17, 15) is 4.39 Å². The molecule has 108 valence electrons. The molecule has 0 saturated heterocycles. The monoisotopic (exact) mass is 286 g/mol. The summed E-state index contributed by atoms with van der Waals surface area (Å²) in [4.78, 5) is 4.46. The molecular formula is C14H15FN6. The highest BCUT2D eigenvalue weighted by Crippen LogP contribution is 2.41. The molecule has 1 aliphatic rings. The van der Waals surface area contributed by atoms with Gasteiger partial charge in [0.05, 0.1) is 18.3 Å². The van der Waals surface area contributed by atoms with E-state index < -0.39 is 0 Å². The van der Waals surface area contributed by atoms with Gasteiger partial charge in [0.25, 0.3) is 0 Å². The Morgan fingerprint density at radius 3 is 2.95 bits per heavy atom. The third-order valence-corrected chi connectivity index (χ3v) is 3.71. The minimum absolute atomic E-state index is 0.303. The van der Waals surface area contributed by atoms with Crippen molar-refractivity contribution >= 4 is 11.0 Å². The van der Waals surface area contributed by atoms with Crippen molar-refractivity contribution in [2.75, 3.05) is 6.54 Å². The molecular weight excluding hydrogens is 271 g/mol. The summed E-state index contributed by atoms with van der Waals surface area (Å²) in [5.74, 6) is 0.378. The molecule has 1 fully saturated rings.